The predicted molar refractivity (Wildman–Crippen MR) is 57.5 cm³/mol. The van der Waals surface area contributed by atoms with E-state index in [9.17, 15) is 0 Å². The molecule has 1 aromatic rings. The summed E-state index contributed by atoms with van der Waals surface area (Å²) in [5, 5.41) is 0. The highest BCUT2D eigenvalue weighted by Gasteiger charge is 2.56. The number of nitrogens with two attached hydrogens (primary N) is 1. The highest BCUT2D eigenvalue weighted by molar-refractivity contribution is 5.43. The zero-order chi connectivity index (χ0) is 10.3. The van der Waals surface area contributed by atoms with Crippen molar-refractivity contribution >= 4 is 0 Å². The molecule has 76 valence electrons. The predicted octanol–water partition coefficient (Wildman–Crippen LogP) is 2.15. The summed E-state index contributed by atoms with van der Waals surface area (Å²) in [7, 11) is 1.71. The lowest BCUT2D eigenvalue weighted by Crippen LogP contribution is -2.06. The van der Waals surface area contributed by atoms with Crippen LogP contribution in [-0.2, 0) is 0 Å². The summed E-state index contributed by atoms with van der Waals surface area (Å²) in [6.07, 6.45) is 0. The van der Waals surface area contributed by atoms with Crippen LogP contribution in [0.4, 0.5) is 0 Å². The average Bonchev–Trinajstić information content (AvgIpc) is 2.66. The molecule has 1 aromatic carbocycles. The van der Waals surface area contributed by atoms with Gasteiger partial charge < -0.3 is 10.5 Å². The fourth-order valence-electron chi connectivity index (χ4n) is 2.20. The van der Waals surface area contributed by atoms with E-state index in [0.717, 1.165) is 5.75 Å². The molecular formula is C12H17NO. The lowest BCUT2D eigenvalue weighted by Gasteiger charge is -2.08. The average molecular weight is 191 g/mol. The van der Waals surface area contributed by atoms with Crippen LogP contribution < -0.4 is 10.5 Å². The molecule has 0 aliphatic heterocycles. The van der Waals surface area contributed by atoms with Crippen molar-refractivity contribution in [2.45, 2.75) is 25.8 Å². The summed E-state index contributed by atoms with van der Waals surface area (Å²) in [5.74, 6) is 1.40. The van der Waals surface area contributed by atoms with Crippen LogP contribution in [0.5, 0.6) is 5.75 Å². The lowest BCUT2D eigenvalue weighted by molar-refractivity contribution is 0.407. The van der Waals surface area contributed by atoms with Crippen molar-refractivity contribution in [3.05, 3.63) is 29.8 Å². The maximum atomic E-state index is 6.04. The van der Waals surface area contributed by atoms with Gasteiger partial charge in [0.05, 0.1) is 7.11 Å². The highest BCUT2D eigenvalue weighted by Crippen LogP contribution is 2.58. The van der Waals surface area contributed by atoms with E-state index >= 15 is 0 Å². The van der Waals surface area contributed by atoms with Crippen molar-refractivity contribution < 1.29 is 4.74 Å². The Morgan fingerprint density at radius 1 is 1.29 bits per heavy atom. The second-order valence-corrected chi connectivity index (χ2v) is 4.57. The number of rotatable bonds is 2. The molecule has 2 heteroatoms. The van der Waals surface area contributed by atoms with Crippen LogP contribution in [0.15, 0.2) is 24.3 Å². The molecule has 0 spiro atoms. The first kappa shape index (κ1) is 9.53. The normalized spacial score (nSPS) is 28.6. The van der Waals surface area contributed by atoms with Gasteiger partial charge in [0.2, 0.25) is 0 Å². The van der Waals surface area contributed by atoms with Crippen molar-refractivity contribution in [2.75, 3.05) is 7.11 Å². The van der Waals surface area contributed by atoms with Gasteiger partial charge in [0.1, 0.15) is 5.75 Å². The van der Waals surface area contributed by atoms with Gasteiger partial charge in [-0.1, -0.05) is 32.0 Å². The Labute approximate surface area is 85.1 Å². The Hall–Kier alpha value is -1.02. The first-order valence-electron chi connectivity index (χ1n) is 4.97. The molecule has 2 N–H and O–H groups in total. The van der Waals surface area contributed by atoms with Gasteiger partial charge in [-0.15, -0.1) is 0 Å². The maximum Gasteiger partial charge on any atom is 0.122 e. The summed E-state index contributed by atoms with van der Waals surface area (Å²) < 4.78 is 5.33. The zero-order valence-corrected chi connectivity index (χ0v) is 8.95. The second-order valence-electron chi connectivity index (χ2n) is 4.57. The molecule has 1 aliphatic rings. The Balaban J connectivity index is 2.34. The standard InChI is InChI=1S/C12H17NO/c1-12(2)10(11(12)13)8-6-4-5-7-9(8)14-3/h4-7,10-11H,13H2,1-3H3. The van der Waals surface area contributed by atoms with Crippen molar-refractivity contribution in [1.29, 1.82) is 0 Å². The van der Waals surface area contributed by atoms with Crippen LogP contribution in [0.2, 0.25) is 0 Å². The zero-order valence-electron chi connectivity index (χ0n) is 8.95. The first-order valence-corrected chi connectivity index (χ1v) is 4.97. The Morgan fingerprint density at radius 2 is 1.86 bits per heavy atom. The van der Waals surface area contributed by atoms with Crippen LogP contribution in [0.1, 0.15) is 25.3 Å². The molecule has 0 amide bonds. The molecule has 2 atom stereocenters. The van der Waals surface area contributed by atoms with Crippen LogP contribution >= 0.6 is 0 Å². The molecule has 0 heterocycles. The molecule has 0 saturated heterocycles. The van der Waals surface area contributed by atoms with E-state index in [1.165, 1.54) is 5.56 Å². The topological polar surface area (TPSA) is 35.2 Å². The van der Waals surface area contributed by atoms with Gasteiger partial charge in [-0.05, 0) is 17.0 Å². The molecular weight excluding hydrogens is 174 g/mol. The van der Waals surface area contributed by atoms with E-state index < -0.39 is 0 Å². The molecule has 1 saturated carbocycles. The Morgan fingerprint density at radius 3 is 2.36 bits per heavy atom. The minimum Gasteiger partial charge on any atom is -0.496 e. The third-order valence-electron chi connectivity index (χ3n) is 3.38. The van der Waals surface area contributed by atoms with E-state index in [-0.39, 0.29) is 11.5 Å². The number of methoxy groups -OCH3 is 1. The molecule has 2 rings (SSSR count). The van der Waals surface area contributed by atoms with Gasteiger partial charge in [0, 0.05) is 12.0 Å². The van der Waals surface area contributed by atoms with Crippen LogP contribution in [0.25, 0.3) is 0 Å². The number of hydrogen-bond acceptors (Lipinski definition) is 2. The molecule has 0 radical (unpaired) electrons. The van der Waals surface area contributed by atoms with Gasteiger partial charge in [-0.25, -0.2) is 0 Å². The van der Waals surface area contributed by atoms with Gasteiger partial charge in [-0.2, -0.15) is 0 Å². The summed E-state index contributed by atoms with van der Waals surface area (Å²) >= 11 is 0. The molecule has 14 heavy (non-hydrogen) atoms. The quantitative estimate of drug-likeness (QED) is 0.777. The van der Waals surface area contributed by atoms with E-state index in [0.29, 0.717) is 5.92 Å². The van der Waals surface area contributed by atoms with Crippen LogP contribution in [0, 0.1) is 5.41 Å². The Kier molecular flexibility index (Phi) is 2.04. The van der Waals surface area contributed by atoms with E-state index in [2.05, 4.69) is 19.9 Å². The van der Waals surface area contributed by atoms with Gasteiger partial charge in [-0.3, -0.25) is 0 Å². The first-order chi connectivity index (χ1) is 6.59. The number of para-hydroxylation sites is 1. The van der Waals surface area contributed by atoms with Gasteiger partial charge >= 0.3 is 0 Å². The van der Waals surface area contributed by atoms with Gasteiger partial charge in [0.25, 0.3) is 0 Å². The summed E-state index contributed by atoms with van der Waals surface area (Å²) in [4.78, 5) is 0. The van der Waals surface area contributed by atoms with Crippen molar-refractivity contribution in [1.82, 2.24) is 0 Å². The highest BCUT2D eigenvalue weighted by atomic mass is 16.5. The van der Waals surface area contributed by atoms with Crippen molar-refractivity contribution in [3.8, 4) is 5.75 Å². The number of hydrogen-bond donors (Lipinski definition) is 1. The van der Waals surface area contributed by atoms with Crippen molar-refractivity contribution in [3.63, 3.8) is 0 Å². The number of ether oxygens (including phenoxy) is 1. The van der Waals surface area contributed by atoms with E-state index in [1.54, 1.807) is 7.11 Å². The van der Waals surface area contributed by atoms with E-state index in [1.807, 2.05) is 18.2 Å². The largest absolute Gasteiger partial charge is 0.496 e. The molecule has 2 unspecified atom stereocenters. The third kappa shape index (κ3) is 1.22. The minimum atomic E-state index is 0.217. The summed E-state index contributed by atoms with van der Waals surface area (Å²) in [6.45, 7) is 4.41. The summed E-state index contributed by atoms with van der Waals surface area (Å²) in [5.41, 5.74) is 7.50. The SMILES string of the molecule is COc1ccccc1C1C(N)C1(C)C. The molecule has 0 aromatic heterocycles. The molecule has 1 fully saturated rings. The third-order valence-corrected chi connectivity index (χ3v) is 3.38. The van der Waals surface area contributed by atoms with E-state index in [4.69, 9.17) is 10.5 Å². The minimum absolute atomic E-state index is 0.217. The van der Waals surface area contributed by atoms with Gasteiger partial charge in [0.15, 0.2) is 0 Å². The van der Waals surface area contributed by atoms with Crippen LogP contribution in [-0.4, -0.2) is 13.2 Å². The smallest absolute Gasteiger partial charge is 0.122 e. The fraction of sp³-hybridized carbons (Fsp3) is 0.500. The second kappa shape index (κ2) is 2.99. The monoisotopic (exact) mass is 191 g/mol. The maximum absolute atomic E-state index is 6.04. The fourth-order valence-corrected chi connectivity index (χ4v) is 2.20. The van der Waals surface area contributed by atoms with Crippen LogP contribution in [0.3, 0.4) is 0 Å². The van der Waals surface area contributed by atoms with Crippen molar-refractivity contribution in [2.24, 2.45) is 11.1 Å². The molecule has 2 nitrogen and oxygen atoms in total. The lowest BCUT2D eigenvalue weighted by atomic mass is 10.0. The number of benzene rings is 1. The molecule has 1 aliphatic carbocycles. The molecule has 0 bridgehead atoms. The summed E-state index contributed by atoms with van der Waals surface area (Å²) in [6, 6.07) is 8.40. The Bertz CT molecular complexity index is 346.